The Morgan fingerprint density at radius 1 is 0.800 bits per heavy atom. The molecule has 1 aromatic rings. The van der Waals surface area contributed by atoms with Crippen LogP contribution in [0.5, 0.6) is 0 Å². The van der Waals surface area contributed by atoms with Gasteiger partial charge in [0, 0.05) is 13.1 Å². The summed E-state index contributed by atoms with van der Waals surface area (Å²) in [6, 6.07) is 6.34. The first-order valence-electron chi connectivity index (χ1n) is 10.2. The molecule has 0 unspecified atom stereocenters. The van der Waals surface area contributed by atoms with Gasteiger partial charge in [0.1, 0.15) is 5.82 Å². The lowest BCUT2D eigenvalue weighted by Gasteiger charge is -2.23. The van der Waals surface area contributed by atoms with Crippen molar-refractivity contribution in [3.8, 4) is 0 Å². The topological polar surface area (TPSA) is 20.3 Å². The Bertz CT molecular complexity index is 475. The Morgan fingerprint density at radius 3 is 1.80 bits per heavy atom. The second-order valence-electron chi connectivity index (χ2n) is 6.95. The van der Waals surface area contributed by atoms with Gasteiger partial charge in [-0.05, 0) is 25.0 Å². The van der Waals surface area contributed by atoms with Crippen molar-refractivity contribution in [1.82, 2.24) is 4.90 Å². The van der Waals surface area contributed by atoms with E-state index in [2.05, 4.69) is 13.8 Å². The van der Waals surface area contributed by atoms with E-state index < -0.39 is 5.82 Å². The van der Waals surface area contributed by atoms with E-state index in [1.54, 1.807) is 18.2 Å². The monoisotopic (exact) mass is 349 g/mol. The third-order valence-corrected chi connectivity index (χ3v) is 4.70. The molecule has 1 aromatic carbocycles. The Morgan fingerprint density at radius 2 is 1.28 bits per heavy atom. The Kier molecular flexibility index (Phi) is 12.0. The first-order chi connectivity index (χ1) is 12.2. The van der Waals surface area contributed by atoms with E-state index in [0.29, 0.717) is 0 Å². The Hall–Kier alpha value is -1.38. The zero-order valence-electron chi connectivity index (χ0n) is 16.2. The summed E-state index contributed by atoms with van der Waals surface area (Å²) in [5.74, 6) is -0.562. The average molecular weight is 350 g/mol. The Labute approximate surface area is 153 Å². The van der Waals surface area contributed by atoms with E-state index in [4.69, 9.17) is 0 Å². The van der Waals surface area contributed by atoms with Crippen LogP contribution in [0.15, 0.2) is 24.3 Å². The molecule has 0 fully saturated rings. The molecule has 0 heterocycles. The van der Waals surface area contributed by atoms with Gasteiger partial charge in [-0.1, -0.05) is 83.8 Å². The number of rotatable bonds is 14. The molecule has 0 saturated heterocycles. The van der Waals surface area contributed by atoms with Gasteiger partial charge < -0.3 is 4.90 Å². The number of hydrogen-bond donors (Lipinski definition) is 0. The summed E-state index contributed by atoms with van der Waals surface area (Å²) < 4.78 is 14.0. The van der Waals surface area contributed by atoms with Crippen LogP contribution in [0.1, 0.15) is 94.8 Å². The highest BCUT2D eigenvalue weighted by atomic mass is 19.1. The van der Waals surface area contributed by atoms with Crippen molar-refractivity contribution >= 4 is 5.91 Å². The molecule has 1 amide bonds. The SMILES string of the molecule is CCCCCCCCN(CCCCCCC)C(=O)c1ccccc1F. The first-order valence-corrected chi connectivity index (χ1v) is 10.2. The number of amides is 1. The molecule has 2 nitrogen and oxygen atoms in total. The number of unbranched alkanes of at least 4 members (excludes halogenated alkanes) is 9. The van der Waals surface area contributed by atoms with Gasteiger partial charge in [0.15, 0.2) is 0 Å². The minimum atomic E-state index is -0.411. The quantitative estimate of drug-likeness (QED) is 0.347. The van der Waals surface area contributed by atoms with Gasteiger partial charge in [0.05, 0.1) is 5.56 Å². The molecule has 0 aliphatic rings. The van der Waals surface area contributed by atoms with Crippen LogP contribution in [0, 0.1) is 5.82 Å². The van der Waals surface area contributed by atoms with Gasteiger partial charge >= 0.3 is 0 Å². The van der Waals surface area contributed by atoms with Gasteiger partial charge in [0.2, 0.25) is 0 Å². The number of carbonyl (C=O) groups excluding carboxylic acids is 1. The molecule has 0 aromatic heterocycles. The summed E-state index contributed by atoms with van der Waals surface area (Å²) in [5, 5.41) is 0. The third-order valence-electron chi connectivity index (χ3n) is 4.70. The molecular formula is C22H36FNO. The first kappa shape index (κ1) is 21.7. The van der Waals surface area contributed by atoms with Crippen LogP contribution in [0.4, 0.5) is 4.39 Å². The highest BCUT2D eigenvalue weighted by molar-refractivity contribution is 5.94. The van der Waals surface area contributed by atoms with Crippen LogP contribution in [-0.4, -0.2) is 23.9 Å². The van der Waals surface area contributed by atoms with Crippen molar-refractivity contribution in [3.05, 3.63) is 35.6 Å². The second kappa shape index (κ2) is 13.9. The molecule has 3 heteroatoms. The number of nitrogens with zero attached hydrogens (tertiary/aromatic N) is 1. The standard InChI is InChI=1S/C22H36FNO/c1-3-5-7-9-11-15-19-24(18-14-10-8-6-4-2)22(25)20-16-12-13-17-21(20)23/h12-13,16-17H,3-11,14-15,18-19H2,1-2H3. The fraction of sp³-hybridized carbons (Fsp3) is 0.682. The molecule has 0 spiro atoms. The lowest BCUT2D eigenvalue weighted by Crippen LogP contribution is -2.33. The van der Waals surface area contributed by atoms with Crippen LogP contribution in [0.3, 0.4) is 0 Å². The van der Waals surface area contributed by atoms with Gasteiger partial charge in [-0.25, -0.2) is 4.39 Å². The predicted molar refractivity (Wildman–Crippen MR) is 104 cm³/mol. The summed E-state index contributed by atoms with van der Waals surface area (Å²) in [7, 11) is 0. The largest absolute Gasteiger partial charge is 0.339 e. The van der Waals surface area contributed by atoms with E-state index >= 15 is 0 Å². The highest BCUT2D eigenvalue weighted by Crippen LogP contribution is 2.14. The van der Waals surface area contributed by atoms with E-state index in [1.807, 2.05) is 4.90 Å². The summed E-state index contributed by atoms with van der Waals surface area (Å²) in [6.07, 6.45) is 13.0. The van der Waals surface area contributed by atoms with E-state index in [9.17, 15) is 9.18 Å². The number of benzene rings is 1. The maximum atomic E-state index is 14.0. The van der Waals surface area contributed by atoms with Crippen molar-refractivity contribution in [2.45, 2.75) is 84.5 Å². The van der Waals surface area contributed by atoms with Crippen molar-refractivity contribution in [2.75, 3.05) is 13.1 Å². The lowest BCUT2D eigenvalue weighted by atomic mass is 10.1. The summed E-state index contributed by atoms with van der Waals surface area (Å²) in [4.78, 5) is 14.6. The fourth-order valence-electron chi connectivity index (χ4n) is 3.11. The molecule has 0 aliphatic heterocycles. The van der Waals surface area contributed by atoms with Crippen molar-refractivity contribution in [1.29, 1.82) is 0 Å². The van der Waals surface area contributed by atoms with Crippen LogP contribution in [-0.2, 0) is 0 Å². The van der Waals surface area contributed by atoms with Crippen LogP contribution >= 0.6 is 0 Å². The predicted octanol–water partition coefficient (Wildman–Crippen LogP) is 6.60. The zero-order chi connectivity index (χ0) is 18.3. The summed E-state index contributed by atoms with van der Waals surface area (Å²) in [5.41, 5.74) is 0.210. The molecular weight excluding hydrogens is 313 g/mol. The molecule has 142 valence electrons. The average Bonchev–Trinajstić information content (AvgIpc) is 2.62. The maximum absolute atomic E-state index is 14.0. The molecule has 0 atom stereocenters. The van der Waals surface area contributed by atoms with Crippen molar-refractivity contribution < 1.29 is 9.18 Å². The molecule has 0 N–H and O–H groups in total. The van der Waals surface area contributed by atoms with E-state index in [1.165, 1.54) is 51.0 Å². The number of carbonyl (C=O) groups is 1. The Balaban J connectivity index is 2.51. The van der Waals surface area contributed by atoms with Gasteiger partial charge in [-0.3, -0.25) is 4.79 Å². The van der Waals surface area contributed by atoms with Gasteiger partial charge in [-0.2, -0.15) is 0 Å². The molecule has 25 heavy (non-hydrogen) atoms. The summed E-state index contributed by atoms with van der Waals surface area (Å²) >= 11 is 0. The normalized spacial score (nSPS) is 10.8. The van der Waals surface area contributed by atoms with Crippen molar-refractivity contribution in [2.24, 2.45) is 0 Å². The smallest absolute Gasteiger partial charge is 0.256 e. The van der Waals surface area contributed by atoms with Gasteiger partial charge in [0.25, 0.3) is 5.91 Å². The molecule has 0 saturated carbocycles. The zero-order valence-corrected chi connectivity index (χ0v) is 16.2. The fourth-order valence-corrected chi connectivity index (χ4v) is 3.11. The van der Waals surface area contributed by atoms with Crippen molar-refractivity contribution in [3.63, 3.8) is 0 Å². The van der Waals surface area contributed by atoms with E-state index in [-0.39, 0.29) is 11.5 Å². The highest BCUT2D eigenvalue weighted by Gasteiger charge is 2.18. The lowest BCUT2D eigenvalue weighted by molar-refractivity contribution is 0.0744. The number of halogens is 1. The summed E-state index contributed by atoms with van der Waals surface area (Å²) in [6.45, 7) is 5.90. The minimum absolute atomic E-state index is 0.151. The maximum Gasteiger partial charge on any atom is 0.256 e. The molecule has 0 radical (unpaired) electrons. The molecule has 0 aliphatic carbocycles. The van der Waals surface area contributed by atoms with Crippen LogP contribution in [0.2, 0.25) is 0 Å². The van der Waals surface area contributed by atoms with E-state index in [0.717, 1.165) is 38.8 Å². The van der Waals surface area contributed by atoms with Crippen LogP contribution in [0.25, 0.3) is 0 Å². The molecule has 1 rings (SSSR count). The van der Waals surface area contributed by atoms with Gasteiger partial charge in [-0.15, -0.1) is 0 Å². The number of hydrogen-bond acceptors (Lipinski definition) is 1. The minimum Gasteiger partial charge on any atom is -0.339 e. The van der Waals surface area contributed by atoms with Crippen LogP contribution < -0.4 is 0 Å². The molecule has 0 bridgehead atoms. The second-order valence-corrected chi connectivity index (χ2v) is 6.95. The third kappa shape index (κ3) is 9.04.